The number of nitrogens with zero attached hydrogens (tertiary/aromatic N) is 2. The molecule has 17 heavy (non-hydrogen) atoms. The lowest BCUT2D eigenvalue weighted by atomic mass is 10.2. The molecule has 1 unspecified atom stereocenters. The highest BCUT2D eigenvalue weighted by Crippen LogP contribution is 2.20. The molecule has 0 saturated carbocycles. The fourth-order valence-electron chi connectivity index (χ4n) is 1.42. The molecule has 1 rings (SSSR count). The second kappa shape index (κ2) is 6.71. The van der Waals surface area contributed by atoms with E-state index in [2.05, 4.69) is 24.1 Å². The Labute approximate surface area is 107 Å². The number of carbonyl (C=O) groups excluding carboxylic acids is 1. The van der Waals surface area contributed by atoms with Crippen molar-refractivity contribution >= 4 is 22.4 Å². The molecule has 1 aromatic heterocycles. The Balaban J connectivity index is 2.61. The number of anilines is 1. The van der Waals surface area contributed by atoms with E-state index in [1.807, 2.05) is 12.3 Å². The molecule has 0 aliphatic rings. The van der Waals surface area contributed by atoms with Gasteiger partial charge in [-0.15, -0.1) is 11.3 Å². The summed E-state index contributed by atoms with van der Waals surface area (Å²) < 4.78 is 0. The van der Waals surface area contributed by atoms with Crippen molar-refractivity contribution in [2.75, 3.05) is 11.4 Å². The second-order valence-corrected chi connectivity index (χ2v) is 4.91. The van der Waals surface area contributed by atoms with Gasteiger partial charge >= 0.3 is 0 Å². The lowest BCUT2D eigenvalue weighted by Gasteiger charge is -2.14. The van der Waals surface area contributed by atoms with E-state index in [9.17, 15) is 4.79 Å². The van der Waals surface area contributed by atoms with Crippen LogP contribution in [0.2, 0.25) is 0 Å². The average molecular weight is 255 g/mol. The predicted octanol–water partition coefficient (Wildman–Crippen LogP) is 2.40. The highest BCUT2D eigenvalue weighted by atomic mass is 32.1. The molecule has 1 aromatic rings. The molecule has 1 amide bonds. The normalized spacial score (nSPS) is 12.5. The van der Waals surface area contributed by atoms with Crippen LogP contribution in [0.4, 0.5) is 5.13 Å². The van der Waals surface area contributed by atoms with E-state index >= 15 is 0 Å². The monoisotopic (exact) mass is 255 g/mol. The molecular weight excluding hydrogens is 234 g/mol. The van der Waals surface area contributed by atoms with Crippen molar-refractivity contribution in [2.45, 2.75) is 46.7 Å². The van der Waals surface area contributed by atoms with Gasteiger partial charge in [0.1, 0.15) is 0 Å². The third-order valence-corrected chi connectivity index (χ3v) is 3.62. The minimum absolute atomic E-state index is 0.0447. The fraction of sp³-hybridized carbons (Fsp3) is 0.667. The summed E-state index contributed by atoms with van der Waals surface area (Å²) >= 11 is 1.52. The molecule has 0 fully saturated rings. The van der Waals surface area contributed by atoms with E-state index in [0.29, 0.717) is 12.6 Å². The van der Waals surface area contributed by atoms with Gasteiger partial charge in [0.25, 0.3) is 0 Å². The highest BCUT2D eigenvalue weighted by molar-refractivity contribution is 7.14. The van der Waals surface area contributed by atoms with Crippen molar-refractivity contribution in [3.05, 3.63) is 11.1 Å². The van der Waals surface area contributed by atoms with Crippen LogP contribution in [0.5, 0.6) is 0 Å². The zero-order valence-corrected chi connectivity index (χ0v) is 11.8. The van der Waals surface area contributed by atoms with Gasteiger partial charge in [-0.3, -0.25) is 9.69 Å². The molecule has 0 saturated heterocycles. The fourth-order valence-corrected chi connectivity index (χ4v) is 2.35. The maximum absolute atomic E-state index is 11.4. The van der Waals surface area contributed by atoms with Crippen LogP contribution in [0.1, 0.15) is 39.8 Å². The molecule has 1 N–H and O–H groups in total. The molecule has 0 aliphatic heterocycles. The van der Waals surface area contributed by atoms with Crippen LogP contribution < -0.4 is 10.2 Å². The van der Waals surface area contributed by atoms with Crippen molar-refractivity contribution < 1.29 is 4.79 Å². The van der Waals surface area contributed by atoms with Crippen LogP contribution in [-0.2, 0) is 11.3 Å². The minimum atomic E-state index is 0.0447. The van der Waals surface area contributed by atoms with E-state index < -0.39 is 0 Å². The zero-order chi connectivity index (χ0) is 12.8. The Morgan fingerprint density at radius 3 is 2.82 bits per heavy atom. The van der Waals surface area contributed by atoms with Crippen molar-refractivity contribution in [3.8, 4) is 0 Å². The standard InChI is InChI=1S/C12H21N3OS/c1-5-9(3)13-7-11-8-17-12(14-11)15(6-2)10(4)16/h8-9,13H,5-7H2,1-4H3. The molecule has 4 nitrogen and oxygen atoms in total. The van der Waals surface area contributed by atoms with E-state index in [1.165, 1.54) is 11.3 Å². The van der Waals surface area contributed by atoms with Crippen molar-refractivity contribution in [3.63, 3.8) is 0 Å². The topological polar surface area (TPSA) is 45.2 Å². The summed E-state index contributed by atoms with van der Waals surface area (Å²) in [5, 5.41) is 6.19. The Morgan fingerprint density at radius 1 is 1.59 bits per heavy atom. The molecule has 0 radical (unpaired) electrons. The van der Waals surface area contributed by atoms with E-state index in [4.69, 9.17) is 0 Å². The Bertz CT molecular complexity index is 364. The predicted molar refractivity (Wildman–Crippen MR) is 72.4 cm³/mol. The summed E-state index contributed by atoms with van der Waals surface area (Å²) in [5.41, 5.74) is 1.00. The first kappa shape index (κ1) is 14.1. The second-order valence-electron chi connectivity index (χ2n) is 4.07. The van der Waals surface area contributed by atoms with Crippen LogP contribution in [0.25, 0.3) is 0 Å². The first-order valence-electron chi connectivity index (χ1n) is 6.04. The van der Waals surface area contributed by atoms with Crippen molar-refractivity contribution in [1.29, 1.82) is 0 Å². The molecule has 96 valence electrons. The molecule has 0 bridgehead atoms. The van der Waals surface area contributed by atoms with Gasteiger partial charge in [-0.25, -0.2) is 4.98 Å². The third-order valence-electron chi connectivity index (χ3n) is 2.71. The van der Waals surface area contributed by atoms with Gasteiger partial charge < -0.3 is 5.32 Å². The van der Waals surface area contributed by atoms with Gasteiger partial charge in [0.05, 0.1) is 5.69 Å². The number of amides is 1. The molecular formula is C12H21N3OS. The minimum Gasteiger partial charge on any atom is -0.309 e. The summed E-state index contributed by atoms with van der Waals surface area (Å²) in [4.78, 5) is 17.5. The highest BCUT2D eigenvalue weighted by Gasteiger charge is 2.13. The van der Waals surface area contributed by atoms with E-state index in [-0.39, 0.29) is 5.91 Å². The summed E-state index contributed by atoms with van der Waals surface area (Å²) in [6.07, 6.45) is 1.10. The summed E-state index contributed by atoms with van der Waals surface area (Å²) in [6, 6.07) is 0.496. The van der Waals surface area contributed by atoms with Crippen molar-refractivity contribution in [2.24, 2.45) is 0 Å². The van der Waals surface area contributed by atoms with Gasteiger partial charge in [0, 0.05) is 31.4 Å². The largest absolute Gasteiger partial charge is 0.309 e. The summed E-state index contributed by atoms with van der Waals surface area (Å²) in [6.45, 7) is 9.27. The molecule has 0 aromatic carbocycles. The molecule has 1 heterocycles. The average Bonchev–Trinajstić information content (AvgIpc) is 2.75. The molecule has 1 atom stereocenters. The summed E-state index contributed by atoms with van der Waals surface area (Å²) in [5.74, 6) is 0.0447. The van der Waals surface area contributed by atoms with Crippen LogP contribution in [0.3, 0.4) is 0 Å². The molecule has 0 aliphatic carbocycles. The number of hydrogen-bond donors (Lipinski definition) is 1. The van der Waals surface area contributed by atoms with Crippen LogP contribution >= 0.6 is 11.3 Å². The number of thiazole rings is 1. The number of aromatic nitrogens is 1. The van der Waals surface area contributed by atoms with Gasteiger partial charge in [0.15, 0.2) is 5.13 Å². The number of hydrogen-bond acceptors (Lipinski definition) is 4. The van der Waals surface area contributed by atoms with Gasteiger partial charge in [0.2, 0.25) is 5.91 Å². The number of nitrogens with one attached hydrogen (secondary N) is 1. The quantitative estimate of drug-likeness (QED) is 0.849. The van der Waals surface area contributed by atoms with E-state index in [1.54, 1.807) is 11.8 Å². The van der Waals surface area contributed by atoms with Crippen LogP contribution in [0.15, 0.2) is 5.38 Å². The SMILES string of the molecule is CCC(C)NCc1csc(N(CC)C(C)=O)n1. The van der Waals surface area contributed by atoms with Gasteiger partial charge in [-0.05, 0) is 20.3 Å². The Hall–Kier alpha value is -0.940. The van der Waals surface area contributed by atoms with Crippen LogP contribution in [0, 0.1) is 0 Å². The maximum atomic E-state index is 11.4. The van der Waals surface area contributed by atoms with Crippen LogP contribution in [-0.4, -0.2) is 23.5 Å². The third kappa shape index (κ3) is 4.09. The number of carbonyl (C=O) groups is 1. The summed E-state index contributed by atoms with van der Waals surface area (Å²) in [7, 11) is 0. The smallest absolute Gasteiger partial charge is 0.225 e. The molecule has 0 spiro atoms. The number of rotatable bonds is 6. The Kier molecular flexibility index (Phi) is 5.58. The lowest BCUT2D eigenvalue weighted by molar-refractivity contribution is -0.116. The molecule has 5 heteroatoms. The lowest BCUT2D eigenvalue weighted by Crippen LogP contribution is -2.28. The van der Waals surface area contributed by atoms with Gasteiger partial charge in [-0.2, -0.15) is 0 Å². The Morgan fingerprint density at radius 2 is 2.29 bits per heavy atom. The zero-order valence-electron chi connectivity index (χ0n) is 11.0. The first-order valence-corrected chi connectivity index (χ1v) is 6.92. The maximum Gasteiger partial charge on any atom is 0.225 e. The first-order chi connectivity index (χ1) is 8.08. The van der Waals surface area contributed by atoms with Gasteiger partial charge in [-0.1, -0.05) is 6.92 Å². The van der Waals surface area contributed by atoms with E-state index in [0.717, 1.165) is 23.8 Å². The van der Waals surface area contributed by atoms with Crippen molar-refractivity contribution in [1.82, 2.24) is 10.3 Å².